The third-order valence-electron chi connectivity index (χ3n) is 3.75. The zero-order valence-corrected chi connectivity index (χ0v) is 10.2. The van der Waals surface area contributed by atoms with E-state index in [-0.39, 0.29) is 12.0 Å². The lowest BCUT2D eigenvalue weighted by atomic mass is 9.79. The Balaban J connectivity index is 1.52. The number of hydrogen-bond donors (Lipinski definition) is 2. The zero-order chi connectivity index (χ0) is 12.1. The molecule has 5 nitrogen and oxygen atoms in total. The molecule has 0 bridgehead atoms. The fourth-order valence-corrected chi connectivity index (χ4v) is 2.45. The van der Waals surface area contributed by atoms with E-state index in [1.807, 2.05) is 0 Å². The van der Waals surface area contributed by atoms with Gasteiger partial charge in [-0.2, -0.15) is 0 Å². The van der Waals surface area contributed by atoms with Crippen molar-refractivity contribution in [3.05, 3.63) is 0 Å². The highest BCUT2D eigenvalue weighted by Crippen LogP contribution is 2.27. The maximum Gasteiger partial charge on any atom is 0.308 e. The standard InChI is InChI=1S/C12H22N2O3/c15-12(16)10-2-3-11(10)13-4-1-5-14-6-8-17-9-7-14/h10-11,13H,1-9H2,(H,15,16). The fourth-order valence-electron chi connectivity index (χ4n) is 2.45. The summed E-state index contributed by atoms with van der Waals surface area (Å²) in [6.45, 7) is 5.75. The Bertz CT molecular complexity index is 254. The van der Waals surface area contributed by atoms with Crippen LogP contribution >= 0.6 is 0 Å². The quantitative estimate of drug-likeness (QED) is 0.650. The number of hydrogen-bond acceptors (Lipinski definition) is 4. The molecule has 1 saturated heterocycles. The van der Waals surface area contributed by atoms with Crippen molar-refractivity contribution in [2.75, 3.05) is 39.4 Å². The van der Waals surface area contributed by atoms with Crippen LogP contribution < -0.4 is 5.32 Å². The normalized spacial score (nSPS) is 29.9. The first-order chi connectivity index (χ1) is 8.27. The van der Waals surface area contributed by atoms with Crippen molar-refractivity contribution in [2.24, 2.45) is 5.92 Å². The monoisotopic (exact) mass is 242 g/mol. The van der Waals surface area contributed by atoms with Crippen LogP contribution in [0, 0.1) is 5.92 Å². The van der Waals surface area contributed by atoms with E-state index >= 15 is 0 Å². The summed E-state index contributed by atoms with van der Waals surface area (Å²) in [6, 6.07) is 0.206. The van der Waals surface area contributed by atoms with Crippen molar-refractivity contribution in [3.8, 4) is 0 Å². The van der Waals surface area contributed by atoms with Gasteiger partial charge in [0.05, 0.1) is 19.1 Å². The van der Waals surface area contributed by atoms with Gasteiger partial charge in [-0.05, 0) is 32.4 Å². The lowest BCUT2D eigenvalue weighted by molar-refractivity contribution is -0.146. The molecule has 2 aliphatic rings. The number of carboxylic acid groups (broad SMARTS) is 1. The Morgan fingerprint density at radius 3 is 2.71 bits per heavy atom. The molecule has 98 valence electrons. The van der Waals surface area contributed by atoms with Crippen LogP contribution in [0.5, 0.6) is 0 Å². The Labute approximate surface area is 102 Å². The summed E-state index contributed by atoms with van der Waals surface area (Å²) in [5, 5.41) is 12.3. The SMILES string of the molecule is O=C(O)C1CCC1NCCCN1CCOCC1. The molecule has 2 N–H and O–H groups in total. The Morgan fingerprint density at radius 2 is 2.12 bits per heavy atom. The molecule has 0 aromatic carbocycles. The second kappa shape index (κ2) is 6.33. The van der Waals surface area contributed by atoms with Crippen molar-refractivity contribution in [1.82, 2.24) is 10.2 Å². The molecule has 17 heavy (non-hydrogen) atoms. The number of rotatable bonds is 6. The lowest BCUT2D eigenvalue weighted by Crippen LogP contribution is -2.48. The van der Waals surface area contributed by atoms with Crippen molar-refractivity contribution in [1.29, 1.82) is 0 Å². The molecule has 2 unspecified atom stereocenters. The molecule has 2 fully saturated rings. The molecule has 0 aromatic heterocycles. The Kier molecular flexibility index (Phi) is 4.76. The second-order valence-corrected chi connectivity index (χ2v) is 4.89. The molecule has 2 atom stereocenters. The number of nitrogens with zero attached hydrogens (tertiary/aromatic N) is 1. The van der Waals surface area contributed by atoms with Crippen molar-refractivity contribution >= 4 is 5.97 Å². The fraction of sp³-hybridized carbons (Fsp3) is 0.917. The van der Waals surface area contributed by atoms with Gasteiger partial charge in [0, 0.05) is 19.1 Å². The van der Waals surface area contributed by atoms with Gasteiger partial charge in [0.15, 0.2) is 0 Å². The van der Waals surface area contributed by atoms with Crippen LogP contribution in [0.4, 0.5) is 0 Å². The van der Waals surface area contributed by atoms with Gasteiger partial charge in [-0.25, -0.2) is 0 Å². The third kappa shape index (κ3) is 3.66. The number of ether oxygens (including phenoxy) is 1. The van der Waals surface area contributed by atoms with E-state index in [0.717, 1.165) is 58.7 Å². The Morgan fingerprint density at radius 1 is 1.35 bits per heavy atom. The van der Waals surface area contributed by atoms with Gasteiger partial charge in [-0.1, -0.05) is 0 Å². The molecule has 1 saturated carbocycles. The van der Waals surface area contributed by atoms with Crippen molar-refractivity contribution in [2.45, 2.75) is 25.3 Å². The second-order valence-electron chi connectivity index (χ2n) is 4.89. The van der Waals surface area contributed by atoms with Gasteiger partial charge in [0.25, 0.3) is 0 Å². The van der Waals surface area contributed by atoms with Crippen molar-refractivity contribution in [3.63, 3.8) is 0 Å². The average Bonchev–Trinajstić information content (AvgIpc) is 2.27. The molecule has 1 heterocycles. The highest BCUT2D eigenvalue weighted by Gasteiger charge is 2.35. The van der Waals surface area contributed by atoms with Gasteiger partial charge in [-0.3, -0.25) is 9.69 Å². The number of carbonyl (C=O) groups is 1. The summed E-state index contributed by atoms with van der Waals surface area (Å²) < 4.78 is 5.29. The predicted octanol–water partition coefficient (Wildman–Crippen LogP) is 0.162. The molecule has 0 aromatic rings. The van der Waals surface area contributed by atoms with E-state index in [2.05, 4.69) is 10.2 Å². The van der Waals surface area contributed by atoms with Crippen LogP contribution in [0.25, 0.3) is 0 Å². The topological polar surface area (TPSA) is 61.8 Å². The van der Waals surface area contributed by atoms with E-state index in [1.165, 1.54) is 0 Å². The molecule has 0 spiro atoms. The predicted molar refractivity (Wildman–Crippen MR) is 64.0 cm³/mol. The zero-order valence-electron chi connectivity index (χ0n) is 10.2. The Hall–Kier alpha value is -0.650. The third-order valence-corrected chi connectivity index (χ3v) is 3.75. The summed E-state index contributed by atoms with van der Waals surface area (Å²) in [5.74, 6) is -0.805. The van der Waals surface area contributed by atoms with Gasteiger partial charge < -0.3 is 15.2 Å². The van der Waals surface area contributed by atoms with Crippen LogP contribution in [0.2, 0.25) is 0 Å². The van der Waals surface area contributed by atoms with Crippen LogP contribution in [0.1, 0.15) is 19.3 Å². The number of aliphatic carboxylic acids is 1. The van der Waals surface area contributed by atoms with Crippen LogP contribution in [0.3, 0.4) is 0 Å². The first-order valence-corrected chi connectivity index (χ1v) is 6.53. The first-order valence-electron chi connectivity index (χ1n) is 6.53. The minimum Gasteiger partial charge on any atom is -0.481 e. The van der Waals surface area contributed by atoms with Gasteiger partial charge in [0.1, 0.15) is 0 Å². The van der Waals surface area contributed by atoms with Crippen LogP contribution in [-0.2, 0) is 9.53 Å². The molecule has 1 aliphatic heterocycles. The highest BCUT2D eigenvalue weighted by molar-refractivity contribution is 5.72. The van der Waals surface area contributed by atoms with E-state index in [4.69, 9.17) is 9.84 Å². The van der Waals surface area contributed by atoms with E-state index < -0.39 is 5.97 Å². The molecule has 0 amide bonds. The highest BCUT2D eigenvalue weighted by atomic mass is 16.5. The lowest BCUT2D eigenvalue weighted by Gasteiger charge is -2.34. The van der Waals surface area contributed by atoms with Crippen LogP contribution in [0.15, 0.2) is 0 Å². The van der Waals surface area contributed by atoms with Gasteiger partial charge >= 0.3 is 5.97 Å². The van der Waals surface area contributed by atoms with E-state index in [9.17, 15) is 4.79 Å². The minimum absolute atomic E-state index is 0.154. The number of nitrogens with one attached hydrogen (secondary N) is 1. The van der Waals surface area contributed by atoms with Gasteiger partial charge in [0.2, 0.25) is 0 Å². The summed E-state index contributed by atoms with van der Waals surface area (Å²) >= 11 is 0. The molecular formula is C12H22N2O3. The van der Waals surface area contributed by atoms with Crippen molar-refractivity contribution < 1.29 is 14.6 Å². The number of morpholine rings is 1. The largest absolute Gasteiger partial charge is 0.481 e. The summed E-state index contributed by atoms with van der Waals surface area (Å²) in [6.07, 6.45) is 2.92. The smallest absolute Gasteiger partial charge is 0.308 e. The minimum atomic E-state index is -0.651. The average molecular weight is 242 g/mol. The van der Waals surface area contributed by atoms with E-state index in [0.29, 0.717) is 0 Å². The number of carboxylic acids is 1. The summed E-state index contributed by atoms with van der Waals surface area (Å²) in [4.78, 5) is 13.2. The molecular weight excluding hydrogens is 220 g/mol. The summed E-state index contributed by atoms with van der Waals surface area (Å²) in [5.41, 5.74) is 0. The molecule has 5 heteroatoms. The molecule has 0 radical (unpaired) electrons. The molecule has 1 aliphatic carbocycles. The maximum absolute atomic E-state index is 10.8. The summed E-state index contributed by atoms with van der Waals surface area (Å²) in [7, 11) is 0. The van der Waals surface area contributed by atoms with E-state index in [1.54, 1.807) is 0 Å². The van der Waals surface area contributed by atoms with Crippen LogP contribution in [-0.4, -0.2) is 61.4 Å². The van der Waals surface area contributed by atoms with Gasteiger partial charge in [-0.15, -0.1) is 0 Å². The maximum atomic E-state index is 10.8. The first kappa shape index (κ1) is 12.8. The molecule has 2 rings (SSSR count).